The summed E-state index contributed by atoms with van der Waals surface area (Å²) in [5, 5.41) is 19.0. The lowest BCUT2D eigenvalue weighted by molar-refractivity contribution is -0.139. The van der Waals surface area contributed by atoms with Crippen molar-refractivity contribution in [1.29, 1.82) is 0 Å². The minimum atomic E-state index is -1.15. The van der Waals surface area contributed by atoms with Gasteiger partial charge in [-0.15, -0.1) is 0 Å². The van der Waals surface area contributed by atoms with Crippen LogP contribution in [-0.2, 0) is 4.79 Å². The molecule has 0 aliphatic carbocycles. The average molecular weight is 246 g/mol. The summed E-state index contributed by atoms with van der Waals surface area (Å²) in [6.45, 7) is -0.571. The van der Waals surface area contributed by atoms with Gasteiger partial charge in [-0.2, -0.15) is 0 Å². The van der Waals surface area contributed by atoms with Gasteiger partial charge in [-0.1, -0.05) is 30.3 Å². The monoisotopic (exact) mass is 246 g/mol. The number of ether oxygens (including phenoxy) is 1. The van der Waals surface area contributed by atoms with E-state index in [1.54, 1.807) is 30.3 Å². The fourth-order valence-electron chi connectivity index (χ4n) is 1.73. The molecule has 92 valence electrons. The zero-order valence-corrected chi connectivity index (χ0v) is 9.29. The largest absolute Gasteiger partial charge is 0.481 e. The van der Waals surface area contributed by atoms with Gasteiger partial charge in [-0.05, 0) is 16.8 Å². The van der Waals surface area contributed by atoms with Crippen molar-refractivity contribution in [3.05, 3.63) is 42.0 Å². The molecule has 0 saturated carbocycles. The molecule has 0 radical (unpaired) electrons. The summed E-state index contributed by atoms with van der Waals surface area (Å²) in [5.41, 5.74) is -0.0191. The highest BCUT2D eigenvalue weighted by molar-refractivity contribution is 6.06. The van der Waals surface area contributed by atoms with Crippen LogP contribution in [0.1, 0.15) is 10.4 Å². The number of aromatic carboxylic acids is 1. The molecule has 0 aliphatic heterocycles. The highest BCUT2D eigenvalue weighted by atomic mass is 16.5. The summed E-state index contributed by atoms with van der Waals surface area (Å²) in [6, 6.07) is 10.1. The topological polar surface area (TPSA) is 83.8 Å². The van der Waals surface area contributed by atoms with Crippen LogP contribution in [0.2, 0.25) is 0 Å². The Kier molecular flexibility index (Phi) is 3.14. The maximum atomic E-state index is 11.3. The zero-order chi connectivity index (χ0) is 13.1. The predicted molar refractivity (Wildman–Crippen MR) is 64.0 cm³/mol. The zero-order valence-electron chi connectivity index (χ0n) is 9.29. The van der Waals surface area contributed by atoms with Crippen molar-refractivity contribution in [1.82, 2.24) is 0 Å². The maximum absolute atomic E-state index is 11.3. The van der Waals surface area contributed by atoms with Crippen LogP contribution in [0.3, 0.4) is 0 Å². The van der Waals surface area contributed by atoms with Crippen LogP contribution < -0.4 is 4.74 Å². The Bertz CT molecular complexity index is 618. The van der Waals surface area contributed by atoms with E-state index in [9.17, 15) is 14.7 Å². The number of aliphatic carboxylic acids is 1. The molecule has 2 aromatic rings. The van der Waals surface area contributed by atoms with Gasteiger partial charge in [0.15, 0.2) is 6.61 Å². The van der Waals surface area contributed by atoms with Crippen molar-refractivity contribution in [2.24, 2.45) is 0 Å². The van der Waals surface area contributed by atoms with Gasteiger partial charge in [0.25, 0.3) is 0 Å². The van der Waals surface area contributed by atoms with E-state index < -0.39 is 18.5 Å². The van der Waals surface area contributed by atoms with Crippen molar-refractivity contribution >= 4 is 22.7 Å². The van der Waals surface area contributed by atoms with Gasteiger partial charge in [0.2, 0.25) is 0 Å². The SMILES string of the molecule is O=C(O)COc1ccc2ccccc2c1C(=O)O. The number of fused-ring (bicyclic) bond motifs is 1. The quantitative estimate of drug-likeness (QED) is 0.861. The predicted octanol–water partition coefficient (Wildman–Crippen LogP) is 2.00. The number of hydrogen-bond acceptors (Lipinski definition) is 3. The molecule has 0 fully saturated rings. The van der Waals surface area contributed by atoms with E-state index in [4.69, 9.17) is 9.84 Å². The second-order valence-corrected chi connectivity index (χ2v) is 3.65. The molecule has 0 amide bonds. The Labute approximate surface area is 102 Å². The van der Waals surface area contributed by atoms with E-state index in [1.165, 1.54) is 6.07 Å². The van der Waals surface area contributed by atoms with Gasteiger partial charge in [-0.3, -0.25) is 0 Å². The van der Waals surface area contributed by atoms with Crippen LogP contribution in [0.5, 0.6) is 5.75 Å². The number of rotatable bonds is 4. The molecule has 2 rings (SSSR count). The summed E-state index contributed by atoms with van der Waals surface area (Å²) >= 11 is 0. The lowest BCUT2D eigenvalue weighted by Gasteiger charge is -2.09. The molecule has 0 atom stereocenters. The molecule has 0 unspecified atom stereocenters. The first-order valence-electron chi connectivity index (χ1n) is 5.19. The van der Waals surface area contributed by atoms with E-state index in [0.29, 0.717) is 5.39 Å². The lowest BCUT2D eigenvalue weighted by atomic mass is 10.0. The van der Waals surface area contributed by atoms with Crippen molar-refractivity contribution in [2.75, 3.05) is 6.61 Å². The first-order valence-corrected chi connectivity index (χ1v) is 5.19. The lowest BCUT2D eigenvalue weighted by Crippen LogP contribution is -2.12. The van der Waals surface area contributed by atoms with Crippen LogP contribution in [0.4, 0.5) is 0 Å². The van der Waals surface area contributed by atoms with Crippen LogP contribution in [0, 0.1) is 0 Å². The number of carboxylic acid groups (broad SMARTS) is 2. The number of benzene rings is 2. The molecule has 0 aliphatic rings. The number of hydrogen-bond donors (Lipinski definition) is 2. The first-order chi connectivity index (χ1) is 8.59. The van der Waals surface area contributed by atoms with Gasteiger partial charge in [0.05, 0.1) is 0 Å². The van der Waals surface area contributed by atoms with Crippen LogP contribution in [-0.4, -0.2) is 28.8 Å². The molecule has 0 bridgehead atoms. The highest BCUT2D eigenvalue weighted by Gasteiger charge is 2.16. The van der Waals surface area contributed by atoms with Gasteiger partial charge in [0.1, 0.15) is 11.3 Å². The third kappa shape index (κ3) is 2.24. The molecular formula is C13H10O5. The van der Waals surface area contributed by atoms with E-state index in [1.807, 2.05) is 0 Å². The average Bonchev–Trinajstić information content (AvgIpc) is 2.35. The molecular weight excluding hydrogens is 236 g/mol. The highest BCUT2D eigenvalue weighted by Crippen LogP contribution is 2.28. The van der Waals surface area contributed by atoms with Gasteiger partial charge in [-0.25, -0.2) is 9.59 Å². The summed E-state index contributed by atoms with van der Waals surface area (Å²) in [4.78, 5) is 21.7. The third-order valence-corrected chi connectivity index (χ3v) is 2.46. The van der Waals surface area contributed by atoms with Crippen LogP contribution >= 0.6 is 0 Å². The smallest absolute Gasteiger partial charge is 0.341 e. The molecule has 0 spiro atoms. The second kappa shape index (κ2) is 4.75. The van der Waals surface area contributed by atoms with Crippen molar-refractivity contribution in [3.63, 3.8) is 0 Å². The standard InChI is InChI=1S/C13H10O5/c14-11(15)7-18-10-6-5-8-3-1-2-4-9(8)12(10)13(16)17/h1-6H,7H2,(H,14,15)(H,16,17). The molecule has 2 N–H and O–H groups in total. The summed E-state index contributed by atoms with van der Waals surface area (Å²) < 4.78 is 4.99. The fraction of sp³-hybridized carbons (Fsp3) is 0.0769. The van der Waals surface area contributed by atoms with Crippen LogP contribution in [0.25, 0.3) is 10.8 Å². The molecule has 0 aromatic heterocycles. The minimum Gasteiger partial charge on any atom is -0.481 e. The normalized spacial score (nSPS) is 10.2. The Morgan fingerprint density at radius 2 is 1.78 bits per heavy atom. The Morgan fingerprint density at radius 3 is 2.44 bits per heavy atom. The van der Waals surface area contributed by atoms with Gasteiger partial charge >= 0.3 is 11.9 Å². The van der Waals surface area contributed by atoms with Crippen molar-refractivity contribution in [3.8, 4) is 5.75 Å². The van der Waals surface area contributed by atoms with Crippen molar-refractivity contribution in [2.45, 2.75) is 0 Å². The summed E-state index contributed by atoms with van der Waals surface area (Å²) in [7, 11) is 0. The Morgan fingerprint density at radius 1 is 1.06 bits per heavy atom. The van der Waals surface area contributed by atoms with E-state index >= 15 is 0 Å². The van der Waals surface area contributed by atoms with E-state index in [-0.39, 0.29) is 11.3 Å². The van der Waals surface area contributed by atoms with Gasteiger partial charge < -0.3 is 14.9 Å². The number of carbonyl (C=O) groups is 2. The Balaban J connectivity index is 2.55. The second-order valence-electron chi connectivity index (χ2n) is 3.65. The third-order valence-electron chi connectivity index (χ3n) is 2.46. The van der Waals surface area contributed by atoms with Crippen molar-refractivity contribution < 1.29 is 24.5 Å². The molecule has 0 saturated heterocycles. The first kappa shape index (κ1) is 11.9. The maximum Gasteiger partial charge on any atom is 0.341 e. The van der Waals surface area contributed by atoms with E-state index in [2.05, 4.69) is 0 Å². The fourth-order valence-corrected chi connectivity index (χ4v) is 1.73. The van der Waals surface area contributed by atoms with Gasteiger partial charge in [0, 0.05) is 0 Å². The minimum absolute atomic E-state index is 0.0191. The summed E-state index contributed by atoms with van der Waals surface area (Å²) in [6.07, 6.45) is 0. The molecule has 5 heteroatoms. The van der Waals surface area contributed by atoms with E-state index in [0.717, 1.165) is 5.39 Å². The molecule has 2 aromatic carbocycles. The summed E-state index contributed by atoms with van der Waals surface area (Å²) in [5.74, 6) is -2.24. The molecule has 18 heavy (non-hydrogen) atoms. The number of carboxylic acids is 2. The van der Waals surface area contributed by atoms with Crippen LogP contribution in [0.15, 0.2) is 36.4 Å². The Hall–Kier alpha value is -2.56. The molecule has 5 nitrogen and oxygen atoms in total. The molecule has 0 heterocycles.